The molecular weight excluding hydrogens is 290 g/mol. The van der Waals surface area contributed by atoms with Crippen molar-refractivity contribution < 1.29 is 13.5 Å². The molecule has 0 saturated heterocycles. The number of benzene rings is 1. The number of nitriles is 1. The maximum absolute atomic E-state index is 13.8. The first-order valence-corrected chi connectivity index (χ1v) is 5.62. The molecule has 1 aromatic heterocycles. The number of nitrogens with zero attached hydrogens (tertiary/aromatic N) is 2. The lowest BCUT2D eigenvalue weighted by Gasteiger charge is -2.09. The number of halogens is 3. The fourth-order valence-corrected chi connectivity index (χ4v) is 1.68. The largest absolute Gasteiger partial charge is 0.454 e. The van der Waals surface area contributed by atoms with E-state index in [1.54, 1.807) is 0 Å². The van der Waals surface area contributed by atoms with Crippen molar-refractivity contribution in [1.29, 1.82) is 5.26 Å². The van der Waals surface area contributed by atoms with Gasteiger partial charge in [0.25, 0.3) is 0 Å². The fourth-order valence-electron chi connectivity index (χ4n) is 1.46. The van der Waals surface area contributed by atoms with Crippen LogP contribution in [-0.2, 0) is 0 Å². The molecule has 5 nitrogen and oxygen atoms in total. The minimum Gasteiger partial charge on any atom is -0.454 e. The molecule has 8 heteroatoms. The molecule has 0 saturated carbocycles. The number of pyridine rings is 1. The summed E-state index contributed by atoms with van der Waals surface area (Å²) in [5.74, 6) is 2.23. The van der Waals surface area contributed by atoms with E-state index in [2.05, 4.69) is 4.98 Å². The molecule has 3 N–H and O–H groups in total. The zero-order chi connectivity index (χ0) is 14.7. The van der Waals surface area contributed by atoms with Crippen molar-refractivity contribution >= 4 is 17.4 Å². The predicted octanol–water partition coefficient (Wildman–Crippen LogP) is 2.96. The molecule has 102 valence electrons. The Hall–Kier alpha value is -2.43. The van der Waals surface area contributed by atoms with Crippen LogP contribution in [0.5, 0.6) is 11.5 Å². The van der Waals surface area contributed by atoms with Crippen LogP contribution in [0, 0.1) is 23.1 Å². The Morgan fingerprint density at radius 1 is 1.30 bits per heavy atom. The Morgan fingerprint density at radius 2 is 2.05 bits per heavy atom. The minimum absolute atomic E-state index is 0.0847. The van der Waals surface area contributed by atoms with Crippen LogP contribution < -0.4 is 16.0 Å². The van der Waals surface area contributed by atoms with Gasteiger partial charge in [0.05, 0.1) is 11.6 Å². The summed E-state index contributed by atoms with van der Waals surface area (Å²) in [5.41, 5.74) is 2.13. The van der Waals surface area contributed by atoms with Crippen molar-refractivity contribution in [3.05, 3.63) is 46.6 Å². The first-order chi connectivity index (χ1) is 9.53. The topological polar surface area (TPSA) is 84.0 Å². The van der Waals surface area contributed by atoms with E-state index in [4.69, 9.17) is 27.4 Å². The van der Waals surface area contributed by atoms with E-state index in [1.165, 1.54) is 18.2 Å². The highest BCUT2D eigenvalue weighted by atomic mass is 35.5. The minimum atomic E-state index is -0.975. The molecule has 1 aromatic carbocycles. The third-order valence-corrected chi connectivity index (χ3v) is 2.48. The highest BCUT2D eigenvalue weighted by molar-refractivity contribution is 6.30. The first kappa shape index (κ1) is 14.0. The normalized spacial score (nSPS) is 9.95. The molecule has 0 fully saturated rings. The molecule has 0 bridgehead atoms. The van der Waals surface area contributed by atoms with E-state index in [0.29, 0.717) is 0 Å². The third-order valence-electron chi connectivity index (χ3n) is 2.26. The van der Waals surface area contributed by atoms with Crippen molar-refractivity contribution in [3.8, 4) is 17.6 Å². The van der Waals surface area contributed by atoms with Gasteiger partial charge in [0.15, 0.2) is 11.6 Å². The number of hydrogen-bond donors (Lipinski definition) is 2. The summed E-state index contributed by atoms with van der Waals surface area (Å²) in [6.07, 6.45) is 0. The number of anilines is 1. The fraction of sp³-hybridized carbons (Fsp3) is 0. The van der Waals surface area contributed by atoms with Crippen molar-refractivity contribution in [1.82, 2.24) is 4.98 Å². The summed E-state index contributed by atoms with van der Waals surface area (Å²) in [6.45, 7) is 0. The average molecular weight is 297 g/mol. The second kappa shape index (κ2) is 5.69. The van der Waals surface area contributed by atoms with Crippen LogP contribution in [0.3, 0.4) is 0 Å². The number of nitrogens with two attached hydrogens (primary N) is 1. The SMILES string of the molecule is N#Cc1cc(Cl)cc(Oc2cc(F)nc(NN)c2F)c1. The Labute approximate surface area is 117 Å². The van der Waals surface area contributed by atoms with Gasteiger partial charge in [-0.15, -0.1) is 0 Å². The number of ether oxygens (including phenoxy) is 1. The van der Waals surface area contributed by atoms with E-state index in [9.17, 15) is 8.78 Å². The zero-order valence-electron chi connectivity index (χ0n) is 9.82. The van der Waals surface area contributed by atoms with Crippen LogP contribution in [0.25, 0.3) is 0 Å². The number of nitrogen functional groups attached to an aromatic ring is 1. The highest BCUT2D eigenvalue weighted by Gasteiger charge is 2.14. The van der Waals surface area contributed by atoms with E-state index < -0.39 is 23.3 Å². The summed E-state index contributed by atoms with van der Waals surface area (Å²) in [7, 11) is 0. The molecule has 2 aromatic rings. The van der Waals surface area contributed by atoms with E-state index in [0.717, 1.165) is 6.07 Å². The van der Waals surface area contributed by atoms with Crippen LogP contribution in [0.2, 0.25) is 5.02 Å². The molecule has 2 rings (SSSR count). The lowest BCUT2D eigenvalue weighted by atomic mass is 10.2. The molecule has 0 amide bonds. The maximum Gasteiger partial charge on any atom is 0.218 e. The number of aromatic nitrogens is 1. The zero-order valence-corrected chi connectivity index (χ0v) is 10.6. The van der Waals surface area contributed by atoms with Crippen LogP contribution in [-0.4, -0.2) is 4.98 Å². The van der Waals surface area contributed by atoms with Crippen LogP contribution in [0.15, 0.2) is 24.3 Å². The van der Waals surface area contributed by atoms with E-state index in [-0.39, 0.29) is 16.3 Å². The smallest absolute Gasteiger partial charge is 0.218 e. The third kappa shape index (κ3) is 2.93. The molecule has 0 aliphatic carbocycles. The van der Waals surface area contributed by atoms with Crippen molar-refractivity contribution in [2.24, 2.45) is 5.84 Å². The summed E-state index contributed by atoms with van der Waals surface area (Å²) >= 11 is 5.78. The quantitative estimate of drug-likeness (QED) is 0.517. The van der Waals surface area contributed by atoms with Gasteiger partial charge in [-0.3, -0.25) is 0 Å². The van der Waals surface area contributed by atoms with Crippen LogP contribution >= 0.6 is 11.6 Å². The Kier molecular flexibility index (Phi) is 3.98. The van der Waals surface area contributed by atoms with Gasteiger partial charge < -0.3 is 10.2 Å². The lowest BCUT2D eigenvalue weighted by Crippen LogP contribution is -2.12. The maximum atomic E-state index is 13.8. The van der Waals surface area contributed by atoms with E-state index >= 15 is 0 Å². The molecule has 1 heterocycles. The number of hydrogen-bond acceptors (Lipinski definition) is 5. The molecule has 0 atom stereocenters. The number of hydrazine groups is 1. The van der Waals surface area contributed by atoms with Crippen molar-refractivity contribution in [2.75, 3.05) is 5.43 Å². The van der Waals surface area contributed by atoms with Gasteiger partial charge in [0.2, 0.25) is 11.8 Å². The van der Waals surface area contributed by atoms with Crippen molar-refractivity contribution in [2.45, 2.75) is 0 Å². The van der Waals surface area contributed by atoms with Gasteiger partial charge in [-0.05, 0) is 18.2 Å². The van der Waals surface area contributed by atoms with Crippen molar-refractivity contribution in [3.63, 3.8) is 0 Å². The van der Waals surface area contributed by atoms with Gasteiger partial charge in [0, 0.05) is 11.1 Å². The van der Waals surface area contributed by atoms with Gasteiger partial charge in [-0.2, -0.15) is 19.0 Å². The summed E-state index contributed by atoms with van der Waals surface area (Å²) in [4.78, 5) is 3.21. The Bertz CT molecular complexity index is 703. The molecule has 20 heavy (non-hydrogen) atoms. The molecule has 0 aliphatic rings. The molecule has 0 aliphatic heterocycles. The standard InChI is InChI=1S/C12H7ClF2N4O/c13-7-1-6(5-16)2-8(3-7)20-9-4-10(14)18-12(19-17)11(9)15/h1-4H,17H2,(H,18,19). The summed E-state index contributed by atoms with van der Waals surface area (Å²) < 4.78 is 32.2. The summed E-state index contributed by atoms with van der Waals surface area (Å²) in [6, 6.07) is 6.72. The second-order valence-electron chi connectivity index (χ2n) is 3.64. The number of nitrogens with one attached hydrogen (secondary N) is 1. The first-order valence-electron chi connectivity index (χ1n) is 5.24. The van der Waals surface area contributed by atoms with Gasteiger partial charge in [0.1, 0.15) is 5.75 Å². The van der Waals surface area contributed by atoms with Crippen LogP contribution in [0.1, 0.15) is 5.56 Å². The lowest BCUT2D eigenvalue weighted by molar-refractivity contribution is 0.432. The second-order valence-corrected chi connectivity index (χ2v) is 4.08. The van der Waals surface area contributed by atoms with Crippen LogP contribution in [0.4, 0.5) is 14.6 Å². The Morgan fingerprint density at radius 3 is 2.70 bits per heavy atom. The highest BCUT2D eigenvalue weighted by Crippen LogP contribution is 2.30. The molecule has 0 radical (unpaired) electrons. The Balaban J connectivity index is 2.42. The van der Waals surface area contributed by atoms with E-state index in [1.807, 2.05) is 11.5 Å². The monoisotopic (exact) mass is 296 g/mol. The molecular formula is C12H7ClF2N4O. The van der Waals surface area contributed by atoms with Gasteiger partial charge in [-0.1, -0.05) is 11.6 Å². The van der Waals surface area contributed by atoms with Gasteiger partial charge >= 0.3 is 0 Å². The molecule has 0 spiro atoms. The molecule has 0 unspecified atom stereocenters. The number of rotatable bonds is 3. The summed E-state index contributed by atoms with van der Waals surface area (Å²) in [5, 5.41) is 9.03. The van der Waals surface area contributed by atoms with Gasteiger partial charge in [-0.25, -0.2) is 5.84 Å². The predicted molar refractivity (Wildman–Crippen MR) is 68.2 cm³/mol. The average Bonchev–Trinajstić information content (AvgIpc) is 2.41.